The van der Waals surface area contributed by atoms with E-state index in [0.717, 1.165) is 5.75 Å². The Hall–Kier alpha value is -1.95. The summed E-state index contributed by atoms with van der Waals surface area (Å²) >= 11 is 5.38. The van der Waals surface area contributed by atoms with Gasteiger partial charge in [-0.1, -0.05) is 0 Å². The molecule has 0 aliphatic rings. The van der Waals surface area contributed by atoms with Gasteiger partial charge in [-0.3, -0.25) is 4.79 Å². The lowest BCUT2D eigenvalue weighted by molar-refractivity contribution is 0.0952. The molecule has 0 heterocycles. The molecule has 116 valence electrons. The highest BCUT2D eigenvalue weighted by molar-refractivity contribution is 6.18. The molecule has 0 aliphatic carbocycles. The molecular formula is C14H19ClN2O4. The van der Waals surface area contributed by atoms with Crippen LogP contribution in [0.2, 0.25) is 0 Å². The van der Waals surface area contributed by atoms with Crippen molar-refractivity contribution in [2.45, 2.75) is 6.92 Å². The fourth-order valence-corrected chi connectivity index (χ4v) is 1.57. The van der Waals surface area contributed by atoms with Crippen molar-refractivity contribution < 1.29 is 19.1 Å². The van der Waals surface area contributed by atoms with E-state index in [0.29, 0.717) is 18.7 Å². The Kier molecular flexibility index (Phi) is 8.04. The molecule has 2 amide bonds. The third-order valence-corrected chi connectivity index (χ3v) is 2.57. The average molecular weight is 315 g/mol. The van der Waals surface area contributed by atoms with Gasteiger partial charge in [0, 0.05) is 18.7 Å². The minimum absolute atomic E-state index is 0.159. The summed E-state index contributed by atoms with van der Waals surface area (Å²) in [7, 11) is 0. The highest BCUT2D eigenvalue weighted by Gasteiger charge is 2.05. The van der Waals surface area contributed by atoms with Crippen LogP contribution in [0.25, 0.3) is 0 Å². The van der Waals surface area contributed by atoms with Gasteiger partial charge in [0.15, 0.2) is 0 Å². The molecule has 1 aromatic carbocycles. The second kappa shape index (κ2) is 9.88. The average Bonchev–Trinajstić information content (AvgIpc) is 2.50. The maximum absolute atomic E-state index is 11.8. The van der Waals surface area contributed by atoms with Crippen LogP contribution in [0.1, 0.15) is 17.3 Å². The summed E-state index contributed by atoms with van der Waals surface area (Å²) in [5, 5.41) is 5.18. The highest BCUT2D eigenvalue weighted by atomic mass is 35.5. The molecule has 1 rings (SSSR count). The van der Waals surface area contributed by atoms with Crippen LogP contribution in [-0.2, 0) is 4.74 Å². The predicted molar refractivity (Wildman–Crippen MR) is 80.0 cm³/mol. The molecular weight excluding hydrogens is 296 g/mol. The van der Waals surface area contributed by atoms with Crippen LogP contribution in [0, 0.1) is 0 Å². The van der Waals surface area contributed by atoms with E-state index in [-0.39, 0.29) is 24.9 Å². The van der Waals surface area contributed by atoms with Crippen LogP contribution in [0.4, 0.5) is 4.79 Å². The molecule has 0 spiro atoms. The van der Waals surface area contributed by atoms with Crippen LogP contribution in [0.3, 0.4) is 0 Å². The van der Waals surface area contributed by atoms with Gasteiger partial charge in [0.25, 0.3) is 5.91 Å². The second-order valence-electron chi connectivity index (χ2n) is 3.96. The SMILES string of the molecule is CCOc1ccc(C(=O)NCCNC(=O)OCCCl)cc1. The summed E-state index contributed by atoms with van der Waals surface area (Å²) in [4.78, 5) is 22.9. The van der Waals surface area contributed by atoms with E-state index in [1.54, 1.807) is 24.3 Å². The number of carbonyl (C=O) groups excluding carboxylic acids is 2. The summed E-state index contributed by atoms with van der Waals surface area (Å²) in [5.74, 6) is 0.758. The fourth-order valence-electron chi connectivity index (χ4n) is 1.49. The number of rotatable bonds is 8. The number of hydrogen-bond donors (Lipinski definition) is 2. The van der Waals surface area contributed by atoms with Crippen molar-refractivity contribution in [3.8, 4) is 5.75 Å². The van der Waals surface area contributed by atoms with Crippen molar-refractivity contribution in [2.24, 2.45) is 0 Å². The zero-order valence-corrected chi connectivity index (χ0v) is 12.6. The van der Waals surface area contributed by atoms with Gasteiger partial charge in [-0.2, -0.15) is 0 Å². The van der Waals surface area contributed by atoms with Gasteiger partial charge >= 0.3 is 6.09 Å². The smallest absolute Gasteiger partial charge is 0.407 e. The molecule has 0 unspecified atom stereocenters. The van der Waals surface area contributed by atoms with E-state index in [2.05, 4.69) is 10.6 Å². The van der Waals surface area contributed by atoms with Crippen molar-refractivity contribution in [3.05, 3.63) is 29.8 Å². The molecule has 6 nitrogen and oxygen atoms in total. The molecule has 0 fully saturated rings. The summed E-state index contributed by atoms with van der Waals surface area (Å²) in [6.45, 7) is 3.22. The molecule has 0 saturated heterocycles. The van der Waals surface area contributed by atoms with Crippen LogP contribution in [-0.4, -0.2) is 44.2 Å². The largest absolute Gasteiger partial charge is 0.494 e. The molecule has 0 bridgehead atoms. The van der Waals surface area contributed by atoms with E-state index in [1.807, 2.05) is 6.92 Å². The quantitative estimate of drug-likeness (QED) is 0.566. The van der Waals surface area contributed by atoms with E-state index in [4.69, 9.17) is 21.1 Å². The number of halogens is 1. The van der Waals surface area contributed by atoms with Gasteiger partial charge in [-0.15, -0.1) is 11.6 Å². The summed E-state index contributed by atoms with van der Waals surface area (Å²) < 4.78 is 10.0. The third kappa shape index (κ3) is 6.85. The van der Waals surface area contributed by atoms with Crippen molar-refractivity contribution in [1.29, 1.82) is 0 Å². The number of alkyl carbamates (subject to hydrolysis) is 1. The summed E-state index contributed by atoms with van der Waals surface area (Å²) in [6, 6.07) is 6.84. The van der Waals surface area contributed by atoms with Crippen molar-refractivity contribution >= 4 is 23.6 Å². The number of carbonyl (C=O) groups is 2. The Labute approximate surface area is 128 Å². The maximum atomic E-state index is 11.8. The van der Waals surface area contributed by atoms with Crippen molar-refractivity contribution in [3.63, 3.8) is 0 Å². The highest BCUT2D eigenvalue weighted by Crippen LogP contribution is 2.11. The monoisotopic (exact) mass is 314 g/mol. The predicted octanol–water partition coefficient (Wildman–Crippen LogP) is 1.78. The number of benzene rings is 1. The van der Waals surface area contributed by atoms with Gasteiger partial charge in [0.05, 0.1) is 12.5 Å². The topological polar surface area (TPSA) is 76.7 Å². The number of ether oxygens (including phenoxy) is 2. The number of nitrogens with one attached hydrogen (secondary N) is 2. The fraction of sp³-hybridized carbons (Fsp3) is 0.429. The van der Waals surface area contributed by atoms with E-state index < -0.39 is 6.09 Å². The Morgan fingerprint density at radius 2 is 1.81 bits per heavy atom. The van der Waals surface area contributed by atoms with Gasteiger partial charge in [-0.05, 0) is 31.2 Å². The summed E-state index contributed by atoms with van der Waals surface area (Å²) in [6.07, 6.45) is -0.550. The first-order valence-electron chi connectivity index (χ1n) is 6.65. The molecule has 21 heavy (non-hydrogen) atoms. The Morgan fingerprint density at radius 1 is 1.14 bits per heavy atom. The molecule has 1 aromatic rings. The van der Waals surface area contributed by atoms with Gasteiger partial charge < -0.3 is 20.1 Å². The van der Waals surface area contributed by atoms with Gasteiger partial charge in [-0.25, -0.2) is 4.79 Å². The van der Waals surface area contributed by atoms with E-state index in [1.165, 1.54) is 0 Å². The van der Waals surface area contributed by atoms with Crippen LogP contribution in [0.15, 0.2) is 24.3 Å². The van der Waals surface area contributed by atoms with Crippen molar-refractivity contribution in [2.75, 3.05) is 32.2 Å². The lowest BCUT2D eigenvalue weighted by Gasteiger charge is -2.08. The molecule has 0 saturated carbocycles. The molecule has 0 atom stereocenters. The summed E-state index contributed by atoms with van der Waals surface area (Å²) in [5.41, 5.74) is 0.531. The second-order valence-corrected chi connectivity index (χ2v) is 4.34. The van der Waals surface area contributed by atoms with E-state index >= 15 is 0 Å². The minimum atomic E-state index is -0.550. The van der Waals surface area contributed by atoms with Crippen LogP contribution in [0.5, 0.6) is 5.75 Å². The number of amides is 2. The molecule has 2 N–H and O–H groups in total. The Bertz CT molecular complexity index is 451. The minimum Gasteiger partial charge on any atom is -0.494 e. The zero-order chi connectivity index (χ0) is 15.5. The first-order valence-corrected chi connectivity index (χ1v) is 7.18. The van der Waals surface area contributed by atoms with Gasteiger partial charge in [0.1, 0.15) is 12.4 Å². The molecule has 0 aromatic heterocycles. The third-order valence-electron chi connectivity index (χ3n) is 2.42. The normalized spacial score (nSPS) is 9.81. The molecule has 0 aliphatic heterocycles. The van der Waals surface area contributed by atoms with E-state index in [9.17, 15) is 9.59 Å². The first-order chi connectivity index (χ1) is 10.2. The first kappa shape index (κ1) is 17.1. The van der Waals surface area contributed by atoms with Crippen molar-refractivity contribution in [1.82, 2.24) is 10.6 Å². The van der Waals surface area contributed by atoms with Gasteiger partial charge in [0.2, 0.25) is 0 Å². The van der Waals surface area contributed by atoms with Crippen LogP contribution < -0.4 is 15.4 Å². The standard InChI is InChI=1S/C14H19ClN2O4/c1-2-20-12-5-3-11(4-6-12)13(18)16-8-9-17-14(19)21-10-7-15/h3-6H,2,7-10H2,1H3,(H,16,18)(H,17,19). The number of alkyl halides is 1. The Morgan fingerprint density at radius 3 is 2.43 bits per heavy atom. The van der Waals surface area contributed by atoms with Crippen LogP contribution >= 0.6 is 11.6 Å². The lowest BCUT2D eigenvalue weighted by Crippen LogP contribution is -2.35. The lowest BCUT2D eigenvalue weighted by atomic mass is 10.2. The zero-order valence-electron chi connectivity index (χ0n) is 11.9. The Balaban J connectivity index is 2.25. The molecule has 0 radical (unpaired) electrons. The maximum Gasteiger partial charge on any atom is 0.407 e. The number of hydrogen-bond acceptors (Lipinski definition) is 4. The molecule has 7 heteroatoms.